The van der Waals surface area contributed by atoms with Crippen LogP contribution in [0.2, 0.25) is 0 Å². The molecule has 1 heterocycles. The van der Waals surface area contributed by atoms with Crippen LogP contribution in [0.1, 0.15) is 21.5 Å². The van der Waals surface area contributed by atoms with Crippen molar-refractivity contribution in [3.63, 3.8) is 0 Å². The minimum Gasteiger partial charge on any atom is -0.489 e. The van der Waals surface area contributed by atoms with Crippen molar-refractivity contribution in [2.24, 2.45) is 0 Å². The third kappa shape index (κ3) is 5.69. The predicted octanol–water partition coefficient (Wildman–Crippen LogP) is 4.35. The van der Waals surface area contributed by atoms with Gasteiger partial charge in [-0.2, -0.15) is 0 Å². The van der Waals surface area contributed by atoms with E-state index in [4.69, 9.17) is 9.47 Å². The van der Waals surface area contributed by atoms with Crippen LogP contribution in [0.15, 0.2) is 78.9 Å². The number of anilines is 1. The van der Waals surface area contributed by atoms with E-state index in [-0.39, 0.29) is 5.91 Å². The van der Waals surface area contributed by atoms with E-state index in [2.05, 4.69) is 22.3 Å². The summed E-state index contributed by atoms with van der Waals surface area (Å²) < 4.78 is 11.2. The van der Waals surface area contributed by atoms with Crippen LogP contribution in [-0.4, -0.2) is 37.1 Å². The lowest BCUT2D eigenvalue weighted by Gasteiger charge is -2.26. The number of nitrogens with one attached hydrogen (secondary N) is 1. The van der Waals surface area contributed by atoms with Crippen molar-refractivity contribution < 1.29 is 14.3 Å². The van der Waals surface area contributed by atoms with Crippen LogP contribution < -0.4 is 10.1 Å². The van der Waals surface area contributed by atoms with Crippen molar-refractivity contribution in [3.05, 3.63) is 95.6 Å². The predicted molar refractivity (Wildman–Crippen MR) is 118 cm³/mol. The molecule has 0 radical (unpaired) electrons. The molecule has 1 N–H and O–H groups in total. The first-order chi connectivity index (χ1) is 14.8. The smallest absolute Gasteiger partial charge is 0.255 e. The van der Waals surface area contributed by atoms with E-state index in [1.807, 2.05) is 54.6 Å². The lowest BCUT2D eigenvalue weighted by atomic mass is 10.1. The van der Waals surface area contributed by atoms with Gasteiger partial charge in [0, 0.05) is 30.9 Å². The molecule has 5 nitrogen and oxygen atoms in total. The number of carbonyl (C=O) groups is 1. The average molecular weight is 402 g/mol. The molecule has 4 rings (SSSR count). The summed E-state index contributed by atoms with van der Waals surface area (Å²) in [5.74, 6) is 0.605. The molecule has 1 fully saturated rings. The summed E-state index contributed by atoms with van der Waals surface area (Å²) in [7, 11) is 0. The number of benzene rings is 3. The highest BCUT2D eigenvalue weighted by Crippen LogP contribution is 2.17. The second kappa shape index (κ2) is 10.1. The summed E-state index contributed by atoms with van der Waals surface area (Å²) in [6.45, 7) is 4.92. The highest BCUT2D eigenvalue weighted by atomic mass is 16.5. The van der Waals surface area contributed by atoms with E-state index in [1.54, 1.807) is 12.1 Å². The van der Waals surface area contributed by atoms with Gasteiger partial charge in [0.05, 0.1) is 13.2 Å². The number of hydrogen-bond acceptors (Lipinski definition) is 4. The van der Waals surface area contributed by atoms with Crippen molar-refractivity contribution in [2.45, 2.75) is 13.2 Å². The van der Waals surface area contributed by atoms with Crippen molar-refractivity contribution in [1.82, 2.24) is 4.90 Å². The van der Waals surface area contributed by atoms with Gasteiger partial charge in [0.25, 0.3) is 5.91 Å². The zero-order chi connectivity index (χ0) is 20.6. The van der Waals surface area contributed by atoms with Gasteiger partial charge in [-0.3, -0.25) is 9.69 Å². The molecular weight excluding hydrogens is 376 g/mol. The topological polar surface area (TPSA) is 50.8 Å². The molecule has 3 aromatic rings. The lowest BCUT2D eigenvalue weighted by Crippen LogP contribution is -2.35. The Morgan fingerprint density at radius 1 is 0.867 bits per heavy atom. The van der Waals surface area contributed by atoms with Crippen LogP contribution in [0.25, 0.3) is 0 Å². The SMILES string of the molecule is O=C(Nc1ccc(CN2CCOCC2)cc1)c1ccc(OCc2ccccc2)cc1. The Hall–Kier alpha value is -3.15. The number of rotatable bonds is 7. The molecule has 3 aromatic carbocycles. The second-order valence-corrected chi connectivity index (χ2v) is 7.34. The fourth-order valence-electron chi connectivity index (χ4n) is 3.36. The second-order valence-electron chi connectivity index (χ2n) is 7.34. The highest BCUT2D eigenvalue weighted by Gasteiger charge is 2.11. The molecule has 1 aliphatic heterocycles. The van der Waals surface area contributed by atoms with Gasteiger partial charge in [-0.15, -0.1) is 0 Å². The maximum atomic E-state index is 12.5. The molecule has 0 aromatic heterocycles. The Morgan fingerprint density at radius 3 is 2.27 bits per heavy atom. The molecule has 30 heavy (non-hydrogen) atoms. The van der Waals surface area contributed by atoms with E-state index < -0.39 is 0 Å². The van der Waals surface area contributed by atoms with E-state index in [0.717, 1.165) is 49.8 Å². The van der Waals surface area contributed by atoms with Gasteiger partial charge in [-0.25, -0.2) is 0 Å². The summed E-state index contributed by atoms with van der Waals surface area (Å²) >= 11 is 0. The van der Waals surface area contributed by atoms with E-state index >= 15 is 0 Å². The van der Waals surface area contributed by atoms with Gasteiger partial charge in [-0.05, 0) is 47.5 Å². The van der Waals surface area contributed by atoms with E-state index in [1.165, 1.54) is 5.56 Å². The molecule has 0 atom stereocenters. The minimum absolute atomic E-state index is 0.134. The molecule has 1 amide bonds. The number of nitrogens with zero attached hydrogens (tertiary/aromatic N) is 1. The number of morpholine rings is 1. The number of carbonyl (C=O) groups excluding carboxylic acids is 1. The number of amides is 1. The molecule has 0 unspecified atom stereocenters. The van der Waals surface area contributed by atoms with Gasteiger partial charge in [0.2, 0.25) is 0 Å². The number of hydrogen-bond donors (Lipinski definition) is 1. The standard InChI is InChI=1S/C25H26N2O3/c28-25(22-8-12-24(13-9-22)30-19-21-4-2-1-3-5-21)26-23-10-6-20(7-11-23)18-27-14-16-29-17-15-27/h1-13H,14-19H2,(H,26,28). The summed E-state index contributed by atoms with van der Waals surface area (Å²) in [5.41, 5.74) is 3.72. The highest BCUT2D eigenvalue weighted by molar-refractivity contribution is 6.04. The van der Waals surface area contributed by atoms with Crippen LogP contribution in [0.3, 0.4) is 0 Å². The fraction of sp³-hybridized carbons (Fsp3) is 0.240. The normalized spacial score (nSPS) is 14.3. The van der Waals surface area contributed by atoms with E-state index in [0.29, 0.717) is 12.2 Å². The first-order valence-electron chi connectivity index (χ1n) is 10.2. The van der Waals surface area contributed by atoms with Gasteiger partial charge in [0.1, 0.15) is 12.4 Å². The molecule has 0 spiro atoms. The molecule has 1 aliphatic rings. The Kier molecular flexibility index (Phi) is 6.75. The quantitative estimate of drug-likeness (QED) is 0.638. The number of ether oxygens (including phenoxy) is 2. The first kappa shape index (κ1) is 20.1. The van der Waals surface area contributed by atoms with Gasteiger partial charge >= 0.3 is 0 Å². The molecule has 1 saturated heterocycles. The summed E-state index contributed by atoms with van der Waals surface area (Å²) in [6.07, 6.45) is 0. The monoisotopic (exact) mass is 402 g/mol. The maximum Gasteiger partial charge on any atom is 0.255 e. The molecule has 0 aliphatic carbocycles. The summed E-state index contributed by atoms with van der Waals surface area (Å²) in [5, 5.41) is 2.95. The zero-order valence-electron chi connectivity index (χ0n) is 16.9. The van der Waals surface area contributed by atoms with Crippen LogP contribution >= 0.6 is 0 Å². The third-order valence-corrected chi connectivity index (χ3v) is 5.09. The average Bonchev–Trinajstić information content (AvgIpc) is 2.81. The van der Waals surface area contributed by atoms with Crippen molar-refractivity contribution in [1.29, 1.82) is 0 Å². The van der Waals surface area contributed by atoms with Crippen LogP contribution in [-0.2, 0) is 17.9 Å². The van der Waals surface area contributed by atoms with Crippen molar-refractivity contribution in [3.8, 4) is 5.75 Å². The Bertz CT molecular complexity index is 934. The Labute approximate surface area is 177 Å². The molecular formula is C25H26N2O3. The third-order valence-electron chi connectivity index (χ3n) is 5.09. The van der Waals surface area contributed by atoms with Gasteiger partial charge in [-0.1, -0.05) is 42.5 Å². The van der Waals surface area contributed by atoms with Crippen molar-refractivity contribution >= 4 is 11.6 Å². The van der Waals surface area contributed by atoms with Gasteiger partial charge in [0.15, 0.2) is 0 Å². The Balaban J connectivity index is 1.28. The van der Waals surface area contributed by atoms with E-state index in [9.17, 15) is 4.79 Å². The molecule has 0 saturated carbocycles. The molecule has 0 bridgehead atoms. The Morgan fingerprint density at radius 2 is 1.57 bits per heavy atom. The fourth-order valence-corrected chi connectivity index (χ4v) is 3.36. The van der Waals surface area contributed by atoms with Crippen LogP contribution in [0, 0.1) is 0 Å². The molecule has 5 heteroatoms. The van der Waals surface area contributed by atoms with Crippen LogP contribution in [0.5, 0.6) is 5.75 Å². The largest absolute Gasteiger partial charge is 0.489 e. The maximum absolute atomic E-state index is 12.5. The zero-order valence-corrected chi connectivity index (χ0v) is 16.9. The lowest BCUT2D eigenvalue weighted by molar-refractivity contribution is 0.0342. The van der Waals surface area contributed by atoms with Crippen molar-refractivity contribution in [2.75, 3.05) is 31.6 Å². The summed E-state index contributed by atoms with van der Waals surface area (Å²) in [6, 6.07) is 25.2. The van der Waals surface area contributed by atoms with Crippen LogP contribution in [0.4, 0.5) is 5.69 Å². The molecule has 154 valence electrons. The summed E-state index contributed by atoms with van der Waals surface area (Å²) in [4.78, 5) is 14.9. The van der Waals surface area contributed by atoms with Gasteiger partial charge < -0.3 is 14.8 Å². The minimum atomic E-state index is -0.134. The first-order valence-corrected chi connectivity index (χ1v) is 10.2.